The topological polar surface area (TPSA) is 84.7 Å². The lowest BCUT2D eigenvalue weighted by Gasteiger charge is -2.39. The minimum atomic E-state index is -0.679. The van der Waals surface area contributed by atoms with Gasteiger partial charge in [-0.2, -0.15) is 0 Å². The summed E-state index contributed by atoms with van der Waals surface area (Å²) < 4.78 is 5.87. The fraction of sp³-hybridized carbons (Fsp3) is 0.286. The Morgan fingerprint density at radius 1 is 0.861 bits per heavy atom. The third-order valence-electron chi connectivity index (χ3n) is 6.19. The maximum absolute atomic E-state index is 13.6. The molecule has 36 heavy (non-hydrogen) atoms. The van der Waals surface area contributed by atoms with Crippen LogP contribution in [0.2, 0.25) is 10.0 Å². The van der Waals surface area contributed by atoms with E-state index >= 15 is 0 Å². The van der Waals surface area contributed by atoms with Gasteiger partial charge in [-0.05, 0) is 73.3 Å². The lowest BCUT2D eigenvalue weighted by molar-refractivity contribution is -0.150. The van der Waals surface area contributed by atoms with Crippen LogP contribution in [0.3, 0.4) is 0 Å². The molecule has 1 aliphatic heterocycles. The molecule has 1 saturated heterocycles. The van der Waals surface area contributed by atoms with Gasteiger partial charge in [-0.15, -0.1) is 0 Å². The quantitative estimate of drug-likeness (QED) is 0.349. The minimum Gasteiger partial charge on any atom is -0.457 e. The molecule has 4 rings (SSSR count). The molecule has 0 aliphatic carbocycles. The average molecular weight is 526 g/mol. The van der Waals surface area contributed by atoms with Gasteiger partial charge in [-0.3, -0.25) is 9.59 Å². The number of hydrogen-bond acceptors (Lipinski definition) is 4. The molecule has 0 bridgehead atoms. The van der Waals surface area contributed by atoms with E-state index in [-0.39, 0.29) is 11.8 Å². The fourth-order valence-electron chi connectivity index (χ4n) is 4.31. The van der Waals surface area contributed by atoms with Crippen LogP contribution in [0.1, 0.15) is 30.4 Å². The number of amides is 2. The minimum absolute atomic E-state index is 0.122. The van der Waals surface area contributed by atoms with Crippen molar-refractivity contribution in [3.8, 4) is 11.5 Å². The van der Waals surface area contributed by atoms with Crippen LogP contribution in [0, 0.1) is 0 Å². The molecule has 2 atom stereocenters. The summed E-state index contributed by atoms with van der Waals surface area (Å²) in [6, 6.07) is 21.1. The normalized spacial score (nSPS) is 17.7. The van der Waals surface area contributed by atoms with E-state index in [2.05, 4.69) is 5.32 Å². The van der Waals surface area contributed by atoms with Crippen LogP contribution in [0.15, 0.2) is 72.8 Å². The molecule has 1 aliphatic rings. The summed E-state index contributed by atoms with van der Waals surface area (Å²) in [5, 5.41) is 3.78. The molecule has 0 saturated carbocycles. The van der Waals surface area contributed by atoms with E-state index in [9.17, 15) is 9.59 Å². The highest BCUT2D eigenvalue weighted by molar-refractivity contribution is 6.42. The molecular weight excluding hydrogens is 497 g/mol. The van der Waals surface area contributed by atoms with Gasteiger partial charge in [-0.1, -0.05) is 59.6 Å². The fourth-order valence-corrected chi connectivity index (χ4v) is 4.63. The van der Waals surface area contributed by atoms with Gasteiger partial charge in [0, 0.05) is 13.0 Å². The average Bonchev–Trinajstić information content (AvgIpc) is 2.88. The SMILES string of the molecule is NCCCC[C@H]1C(=O)N[C@@H](Cc2ccc(Cl)c(Cl)c2)C(=O)N1Cc1ccc(Oc2ccccc2)cc1. The summed E-state index contributed by atoms with van der Waals surface area (Å²) >= 11 is 12.2. The molecule has 0 spiro atoms. The van der Waals surface area contributed by atoms with Gasteiger partial charge in [0.15, 0.2) is 0 Å². The molecule has 2 amide bonds. The number of para-hydroxylation sites is 1. The number of nitrogens with zero attached hydrogens (tertiary/aromatic N) is 1. The molecule has 1 heterocycles. The maximum Gasteiger partial charge on any atom is 0.246 e. The number of halogens is 2. The van der Waals surface area contributed by atoms with Crippen molar-refractivity contribution < 1.29 is 14.3 Å². The van der Waals surface area contributed by atoms with E-state index < -0.39 is 12.1 Å². The summed E-state index contributed by atoms with van der Waals surface area (Å²) in [6.45, 7) is 0.869. The summed E-state index contributed by atoms with van der Waals surface area (Å²) in [5.74, 6) is 1.17. The Hall–Kier alpha value is -3.06. The molecule has 3 N–H and O–H groups in total. The molecule has 8 heteroatoms. The highest BCUT2D eigenvalue weighted by Gasteiger charge is 2.40. The van der Waals surface area contributed by atoms with Crippen molar-refractivity contribution in [2.24, 2.45) is 5.73 Å². The molecule has 6 nitrogen and oxygen atoms in total. The Bertz CT molecular complexity index is 1190. The smallest absolute Gasteiger partial charge is 0.246 e. The molecule has 0 radical (unpaired) electrons. The molecule has 1 fully saturated rings. The Morgan fingerprint density at radius 3 is 2.25 bits per heavy atom. The van der Waals surface area contributed by atoms with Gasteiger partial charge in [0.25, 0.3) is 0 Å². The molecule has 3 aromatic carbocycles. The van der Waals surface area contributed by atoms with Gasteiger partial charge in [0.1, 0.15) is 23.6 Å². The molecule has 0 aromatic heterocycles. The third kappa shape index (κ3) is 6.58. The summed E-state index contributed by atoms with van der Waals surface area (Å²) in [6.07, 6.45) is 2.45. The predicted molar refractivity (Wildman–Crippen MR) is 142 cm³/mol. The number of unbranched alkanes of at least 4 members (excludes halogenated alkanes) is 1. The molecular formula is C28H29Cl2N3O3. The van der Waals surface area contributed by atoms with E-state index in [4.69, 9.17) is 33.7 Å². The van der Waals surface area contributed by atoms with Crippen molar-refractivity contribution in [3.05, 3.63) is 94.0 Å². The largest absolute Gasteiger partial charge is 0.457 e. The maximum atomic E-state index is 13.6. The number of carbonyl (C=O) groups excluding carboxylic acids is 2. The highest BCUT2D eigenvalue weighted by Crippen LogP contribution is 2.26. The zero-order valence-corrected chi connectivity index (χ0v) is 21.3. The van der Waals surface area contributed by atoms with Crippen molar-refractivity contribution in [1.29, 1.82) is 0 Å². The van der Waals surface area contributed by atoms with Gasteiger partial charge < -0.3 is 20.7 Å². The lowest BCUT2D eigenvalue weighted by atomic mass is 9.97. The van der Waals surface area contributed by atoms with Crippen molar-refractivity contribution in [2.75, 3.05) is 6.54 Å². The number of hydrogen-bond donors (Lipinski definition) is 2. The van der Waals surface area contributed by atoms with Crippen molar-refractivity contribution in [3.63, 3.8) is 0 Å². The van der Waals surface area contributed by atoms with E-state index in [1.165, 1.54) is 0 Å². The summed E-state index contributed by atoms with van der Waals surface area (Å²) in [4.78, 5) is 28.4. The highest BCUT2D eigenvalue weighted by atomic mass is 35.5. The number of benzene rings is 3. The van der Waals surface area contributed by atoms with Crippen LogP contribution in [-0.2, 0) is 22.6 Å². The van der Waals surface area contributed by atoms with Crippen LogP contribution in [-0.4, -0.2) is 35.3 Å². The van der Waals surface area contributed by atoms with E-state index in [1.54, 1.807) is 17.0 Å². The zero-order chi connectivity index (χ0) is 25.5. The second-order valence-corrected chi connectivity index (χ2v) is 9.65. The Kier molecular flexibility index (Phi) is 8.86. The first-order valence-electron chi connectivity index (χ1n) is 12.0. The predicted octanol–water partition coefficient (Wildman–Crippen LogP) is 5.35. The monoisotopic (exact) mass is 525 g/mol. The van der Waals surface area contributed by atoms with Gasteiger partial charge in [0.2, 0.25) is 11.8 Å². The third-order valence-corrected chi connectivity index (χ3v) is 6.93. The van der Waals surface area contributed by atoms with Gasteiger partial charge >= 0.3 is 0 Å². The van der Waals surface area contributed by atoms with Crippen LogP contribution < -0.4 is 15.8 Å². The van der Waals surface area contributed by atoms with Crippen LogP contribution in [0.4, 0.5) is 0 Å². The molecule has 0 unspecified atom stereocenters. The number of rotatable bonds is 10. The Morgan fingerprint density at radius 2 is 1.56 bits per heavy atom. The second kappa shape index (κ2) is 12.3. The van der Waals surface area contributed by atoms with Crippen molar-refractivity contribution in [2.45, 2.75) is 44.3 Å². The summed E-state index contributed by atoms with van der Waals surface area (Å²) in [5.41, 5.74) is 7.39. The van der Waals surface area contributed by atoms with Gasteiger partial charge in [0.05, 0.1) is 10.0 Å². The second-order valence-electron chi connectivity index (χ2n) is 8.84. The van der Waals surface area contributed by atoms with Crippen molar-refractivity contribution >= 4 is 35.0 Å². The Labute approximate surface area is 221 Å². The Balaban J connectivity index is 1.51. The molecule has 3 aromatic rings. The van der Waals surface area contributed by atoms with Crippen LogP contribution in [0.5, 0.6) is 11.5 Å². The van der Waals surface area contributed by atoms with Crippen LogP contribution >= 0.6 is 23.2 Å². The van der Waals surface area contributed by atoms with Gasteiger partial charge in [-0.25, -0.2) is 0 Å². The first-order valence-corrected chi connectivity index (χ1v) is 12.8. The lowest BCUT2D eigenvalue weighted by Crippen LogP contribution is -2.63. The number of piperazine rings is 1. The first kappa shape index (κ1) is 26.0. The molecule has 188 valence electrons. The number of ether oxygens (including phenoxy) is 1. The standard InChI is InChI=1S/C28H29Cl2N3O3/c29-23-14-11-20(16-24(23)30)17-25-28(35)33(26(27(34)32-25)8-4-5-15-31)18-19-9-12-22(13-10-19)36-21-6-2-1-3-7-21/h1-3,6-7,9-14,16,25-26H,4-5,8,15,17-18,31H2,(H,32,34)/t25-,26-/m0/s1. The van der Waals surface area contributed by atoms with E-state index in [0.717, 1.165) is 29.7 Å². The van der Waals surface area contributed by atoms with E-state index in [0.29, 0.717) is 41.7 Å². The first-order chi connectivity index (χ1) is 17.4. The van der Waals surface area contributed by atoms with Crippen molar-refractivity contribution in [1.82, 2.24) is 10.2 Å². The number of carbonyl (C=O) groups is 2. The number of nitrogens with one attached hydrogen (secondary N) is 1. The number of nitrogens with two attached hydrogens (primary N) is 1. The zero-order valence-electron chi connectivity index (χ0n) is 19.8. The summed E-state index contributed by atoms with van der Waals surface area (Å²) in [7, 11) is 0. The van der Waals surface area contributed by atoms with E-state index in [1.807, 2.05) is 60.7 Å². The van der Waals surface area contributed by atoms with Crippen LogP contribution in [0.25, 0.3) is 0 Å².